The number of rotatable bonds is 3. The second-order valence-electron chi connectivity index (χ2n) is 4.19. The highest BCUT2D eigenvalue weighted by Crippen LogP contribution is 2.46. The molecule has 0 aromatic carbocycles. The van der Waals surface area contributed by atoms with E-state index in [-0.39, 0.29) is 5.91 Å². The fourth-order valence-electron chi connectivity index (χ4n) is 2.18. The van der Waals surface area contributed by atoms with Gasteiger partial charge in [0.1, 0.15) is 0 Å². The second kappa shape index (κ2) is 3.52. The molecule has 0 bridgehead atoms. The lowest BCUT2D eigenvalue weighted by molar-refractivity contribution is -0.118. The summed E-state index contributed by atoms with van der Waals surface area (Å²) < 4.78 is 0. The summed E-state index contributed by atoms with van der Waals surface area (Å²) in [5.74, 6) is 1.82. The van der Waals surface area contributed by atoms with Crippen molar-refractivity contribution < 1.29 is 4.79 Å². The average Bonchev–Trinajstić information content (AvgIpc) is 2.83. The first-order valence-electron chi connectivity index (χ1n) is 5.24. The van der Waals surface area contributed by atoms with Gasteiger partial charge in [-0.3, -0.25) is 4.79 Å². The van der Waals surface area contributed by atoms with E-state index in [1.807, 2.05) is 6.92 Å². The molecule has 2 fully saturated rings. The van der Waals surface area contributed by atoms with Gasteiger partial charge in [-0.25, -0.2) is 0 Å². The van der Waals surface area contributed by atoms with Crippen LogP contribution in [-0.2, 0) is 4.79 Å². The predicted molar refractivity (Wildman–Crippen MR) is 52.2 cm³/mol. The van der Waals surface area contributed by atoms with Crippen molar-refractivity contribution >= 4 is 5.91 Å². The Balaban J connectivity index is 1.78. The zero-order valence-electron chi connectivity index (χ0n) is 8.12. The number of hydrogen-bond acceptors (Lipinski definition) is 1. The van der Waals surface area contributed by atoms with E-state index >= 15 is 0 Å². The first kappa shape index (κ1) is 8.79. The quantitative estimate of drug-likeness (QED) is 0.658. The zero-order valence-corrected chi connectivity index (χ0v) is 8.12. The Kier molecular flexibility index (Phi) is 2.38. The van der Waals surface area contributed by atoms with Gasteiger partial charge in [0.25, 0.3) is 0 Å². The molecule has 1 N–H and O–H groups in total. The summed E-state index contributed by atoms with van der Waals surface area (Å²) in [7, 11) is 0. The summed E-state index contributed by atoms with van der Waals surface area (Å²) in [5.41, 5.74) is 0. The molecule has 2 aliphatic carbocycles. The molecule has 2 saturated carbocycles. The van der Waals surface area contributed by atoms with Crippen LogP contribution in [0.4, 0.5) is 0 Å². The van der Waals surface area contributed by atoms with Crippen LogP contribution in [0.2, 0.25) is 0 Å². The number of carbonyl (C=O) groups is 1. The smallest absolute Gasteiger partial charge is 0.243 e. The van der Waals surface area contributed by atoms with Gasteiger partial charge in [0.2, 0.25) is 5.91 Å². The molecule has 13 heavy (non-hydrogen) atoms. The van der Waals surface area contributed by atoms with Gasteiger partial charge in [-0.05, 0) is 50.5 Å². The first-order valence-corrected chi connectivity index (χ1v) is 5.24. The molecule has 1 amide bonds. The van der Waals surface area contributed by atoms with Gasteiger partial charge >= 0.3 is 0 Å². The molecule has 2 aliphatic rings. The van der Waals surface area contributed by atoms with Crippen molar-refractivity contribution in [2.75, 3.05) is 0 Å². The van der Waals surface area contributed by atoms with Gasteiger partial charge in [-0.1, -0.05) is 6.08 Å². The molecule has 2 unspecified atom stereocenters. The SMILES string of the molecule is C/C=C/C(=O)NC1CCC1C1CC1. The fourth-order valence-corrected chi connectivity index (χ4v) is 2.18. The van der Waals surface area contributed by atoms with Gasteiger partial charge in [-0.2, -0.15) is 0 Å². The van der Waals surface area contributed by atoms with Crippen LogP contribution < -0.4 is 5.32 Å². The molecule has 72 valence electrons. The van der Waals surface area contributed by atoms with Crippen LogP contribution in [0, 0.1) is 11.8 Å². The van der Waals surface area contributed by atoms with Gasteiger partial charge in [-0.15, -0.1) is 0 Å². The van der Waals surface area contributed by atoms with E-state index in [1.165, 1.54) is 25.7 Å². The van der Waals surface area contributed by atoms with Gasteiger partial charge in [0, 0.05) is 6.04 Å². The van der Waals surface area contributed by atoms with Crippen LogP contribution in [0.15, 0.2) is 12.2 Å². The third kappa shape index (κ3) is 1.93. The number of carbonyl (C=O) groups excluding carboxylic acids is 1. The number of allylic oxidation sites excluding steroid dienone is 1. The molecule has 0 aromatic rings. The number of amides is 1. The molecule has 0 spiro atoms. The molecule has 0 aromatic heterocycles. The molecular weight excluding hydrogens is 162 g/mol. The molecule has 0 heterocycles. The maximum absolute atomic E-state index is 11.2. The summed E-state index contributed by atoms with van der Waals surface area (Å²) in [6.07, 6.45) is 8.69. The van der Waals surface area contributed by atoms with Gasteiger partial charge < -0.3 is 5.32 Å². The van der Waals surface area contributed by atoms with Crippen molar-refractivity contribution in [3.05, 3.63) is 12.2 Å². The number of hydrogen-bond donors (Lipinski definition) is 1. The van der Waals surface area contributed by atoms with E-state index in [0.717, 1.165) is 11.8 Å². The minimum atomic E-state index is 0.0813. The lowest BCUT2D eigenvalue weighted by Gasteiger charge is -2.37. The molecule has 0 aliphatic heterocycles. The lowest BCUT2D eigenvalue weighted by atomic mass is 9.76. The third-order valence-corrected chi connectivity index (χ3v) is 3.20. The zero-order chi connectivity index (χ0) is 9.26. The van der Waals surface area contributed by atoms with Crippen molar-refractivity contribution in [2.45, 2.75) is 38.6 Å². The van der Waals surface area contributed by atoms with Crippen LogP contribution in [0.1, 0.15) is 32.6 Å². The molecule has 2 rings (SSSR count). The Hall–Kier alpha value is -0.790. The van der Waals surface area contributed by atoms with Crippen LogP contribution >= 0.6 is 0 Å². The molecular formula is C11H17NO. The maximum atomic E-state index is 11.2. The fraction of sp³-hybridized carbons (Fsp3) is 0.727. The summed E-state index contributed by atoms with van der Waals surface area (Å²) in [6.45, 7) is 1.87. The van der Waals surface area contributed by atoms with Crippen molar-refractivity contribution in [1.29, 1.82) is 0 Å². The lowest BCUT2D eigenvalue weighted by Crippen LogP contribution is -2.47. The van der Waals surface area contributed by atoms with Crippen LogP contribution in [-0.4, -0.2) is 11.9 Å². The van der Waals surface area contributed by atoms with Gasteiger partial charge in [0.15, 0.2) is 0 Å². The van der Waals surface area contributed by atoms with Crippen molar-refractivity contribution in [3.8, 4) is 0 Å². The van der Waals surface area contributed by atoms with E-state index in [1.54, 1.807) is 12.2 Å². The van der Waals surface area contributed by atoms with E-state index in [9.17, 15) is 4.79 Å². The van der Waals surface area contributed by atoms with Crippen molar-refractivity contribution in [3.63, 3.8) is 0 Å². The van der Waals surface area contributed by atoms with Crippen molar-refractivity contribution in [2.24, 2.45) is 11.8 Å². The highest BCUT2D eigenvalue weighted by atomic mass is 16.1. The van der Waals surface area contributed by atoms with Gasteiger partial charge in [0.05, 0.1) is 0 Å². The third-order valence-electron chi connectivity index (χ3n) is 3.20. The molecule has 2 heteroatoms. The molecule has 2 nitrogen and oxygen atoms in total. The second-order valence-corrected chi connectivity index (χ2v) is 4.19. The molecule has 2 atom stereocenters. The van der Waals surface area contributed by atoms with E-state index < -0.39 is 0 Å². The summed E-state index contributed by atoms with van der Waals surface area (Å²) >= 11 is 0. The Morgan fingerprint density at radius 3 is 2.54 bits per heavy atom. The highest BCUT2D eigenvalue weighted by Gasteiger charge is 2.42. The monoisotopic (exact) mass is 179 g/mol. The molecule has 0 saturated heterocycles. The van der Waals surface area contributed by atoms with Crippen LogP contribution in [0.5, 0.6) is 0 Å². The van der Waals surface area contributed by atoms with E-state index in [2.05, 4.69) is 5.32 Å². The van der Waals surface area contributed by atoms with E-state index in [0.29, 0.717) is 6.04 Å². The van der Waals surface area contributed by atoms with Crippen LogP contribution in [0.3, 0.4) is 0 Å². The Bertz CT molecular complexity index is 230. The minimum Gasteiger partial charge on any atom is -0.350 e. The Morgan fingerprint density at radius 1 is 1.31 bits per heavy atom. The maximum Gasteiger partial charge on any atom is 0.243 e. The summed E-state index contributed by atoms with van der Waals surface area (Å²) in [4.78, 5) is 11.2. The normalized spacial score (nSPS) is 33.0. The predicted octanol–water partition coefficient (Wildman–Crippen LogP) is 1.87. The molecule has 0 radical (unpaired) electrons. The largest absolute Gasteiger partial charge is 0.350 e. The number of nitrogens with one attached hydrogen (secondary N) is 1. The highest BCUT2D eigenvalue weighted by molar-refractivity contribution is 5.87. The average molecular weight is 179 g/mol. The first-order chi connectivity index (χ1) is 6.31. The Labute approximate surface area is 79.4 Å². The standard InChI is InChI=1S/C11H17NO/c1-2-3-11(13)12-10-7-6-9(10)8-4-5-8/h2-3,8-10H,4-7H2,1H3,(H,12,13)/b3-2+. The minimum absolute atomic E-state index is 0.0813. The van der Waals surface area contributed by atoms with Crippen LogP contribution in [0.25, 0.3) is 0 Å². The summed E-state index contributed by atoms with van der Waals surface area (Å²) in [6, 6.07) is 0.483. The van der Waals surface area contributed by atoms with Crippen molar-refractivity contribution in [1.82, 2.24) is 5.32 Å². The topological polar surface area (TPSA) is 29.1 Å². The Morgan fingerprint density at radius 2 is 2.08 bits per heavy atom. The van der Waals surface area contributed by atoms with E-state index in [4.69, 9.17) is 0 Å². The summed E-state index contributed by atoms with van der Waals surface area (Å²) in [5, 5.41) is 3.06.